The third-order valence-electron chi connectivity index (χ3n) is 4.39. The average molecular weight is 245 g/mol. The number of aliphatic hydroxyl groups excluding tert-OH is 1. The van der Waals surface area contributed by atoms with Gasteiger partial charge in [0.05, 0.1) is 0 Å². The number of carbonyl (C=O) groups excluding carboxylic acids is 1. The van der Waals surface area contributed by atoms with Gasteiger partial charge in [-0.05, 0) is 30.2 Å². The van der Waals surface area contributed by atoms with Crippen molar-refractivity contribution in [3.8, 4) is 0 Å². The lowest BCUT2D eigenvalue weighted by molar-refractivity contribution is -0.139. The molecule has 1 aliphatic carbocycles. The van der Waals surface area contributed by atoms with E-state index in [2.05, 4.69) is 0 Å². The summed E-state index contributed by atoms with van der Waals surface area (Å²) in [7, 11) is 0. The van der Waals surface area contributed by atoms with E-state index in [9.17, 15) is 9.90 Å². The first-order valence-electron chi connectivity index (χ1n) is 6.77. The zero-order chi connectivity index (χ0) is 12.5. The fourth-order valence-corrected chi connectivity index (χ4v) is 3.37. The van der Waals surface area contributed by atoms with Crippen LogP contribution in [0.3, 0.4) is 0 Å². The van der Waals surface area contributed by atoms with Gasteiger partial charge in [-0.1, -0.05) is 36.8 Å². The first-order valence-corrected chi connectivity index (χ1v) is 6.77. The molecular formula is C15H19NO2. The second kappa shape index (κ2) is 4.73. The SMILES string of the molecule is O=C(C(O)c1ccccc1)N1CC2CCCC2C1. The fourth-order valence-electron chi connectivity index (χ4n) is 3.37. The van der Waals surface area contributed by atoms with Gasteiger partial charge in [-0.2, -0.15) is 0 Å². The molecule has 1 aromatic carbocycles. The summed E-state index contributed by atoms with van der Waals surface area (Å²) in [6.45, 7) is 1.68. The Morgan fingerprint density at radius 3 is 2.39 bits per heavy atom. The van der Waals surface area contributed by atoms with Gasteiger partial charge < -0.3 is 10.0 Å². The summed E-state index contributed by atoms with van der Waals surface area (Å²) < 4.78 is 0. The van der Waals surface area contributed by atoms with Crippen LogP contribution in [-0.4, -0.2) is 29.0 Å². The molecule has 3 heteroatoms. The second-order valence-corrected chi connectivity index (χ2v) is 5.51. The number of rotatable bonds is 2. The van der Waals surface area contributed by atoms with Crippen molar-refractivity contribution in [1.29, 1.82) is 0 Å². The molecule has 3 rings (SSSR count). The van der Waals surface area contributed by atoms with Crippen LogP contribution in [0.15, 0.2) is 30.3 Å². The minimum Gasteiger partial charge on any atom is -0.378 e. The Morgan fingerprint density at radius 2 is 1.78 bits per heavy atom. The maximum Gasteiger partial charge on any atom is 0.256 e. The lowest BCUT2D eigenvalue weighted by atomic mass is 10.0. The molecule has 1 N–H and O–H groups in total. The Morgan fingerprint density at radius 1 is 1.17 bits per heavy atom. The predicted molar refractivity (Wildman–Crippen MR) is 68.8 cm³/mol. The number of amides is 1. The smallest absolute Gasteiger partial charge is 0.256 e. The van der Waals surface area contributed by atoms with Crippen LogP contribution < -0.4 is 0 Å². The van der Waals surface area contributed by atoms with Crippen LogP contribution in [0, 0.1) is 11.8 Å². The lowest BCUT2D eigenvalue weighted by Crippen LogP contribution is -2.34. The van der Waals surface area contributed by atoms with E-state index in [1.54, 1.807) is 12.1 Å². The zero-order valence-corrected chi connectivity index (χ0v) is 10.5. The molecule has 1 aliphatic heterocycles. The standard InChI is InChI=1S/C15H19NO2/c17-14(11-5-2-1-3-6-11)15(18)16-9-12-7-4-8-13(12)10-16/h1-3,5-6,12-14,17H,4,7-10H2. The van der Waals surface area contributed by atoms with Crippen LogP contribution in [0.4, 0.5) is 0 Å². The van der Waals surface area contributed by atoms with Crippen LogP contribution in [0.5, 0.6) is 0 Å². The summed E-state index contributed by atoms with van der Waals surface area (Å²) in [5.74, 6) is 1.23. The van der Waals surface area contributed by atoms with Gasteiger partial charge in [-0.25, -0.2) is 0 Å². The summed E-state index contributed by atoms with van der Waals surface area (Å²) in [5, 5.41) is 10.1. The van der Waals surface area contributed by atoms with Gasteiger partial charge in [-0.3, -0.25) is 4.79 Å². The molecule has 1 aromatic rings. The Balaban J connectivity index is 1.68. The summed E-state index contributed by atoms with van der Waals surface area (Å²) in [4.78, 5) is 14.1. The van der Waals surface area contributed by atoms with Gasteiger partial charge in [0.15, 0.2) is 6.10 Å². The van der Waals surface area contributed by atoms with Crippen LogP contribution in [0.1, 0.15) is 30.9 Å². The number of aliphatic hydroxyl groups is 1. The zero-order valence-electron chi connectivity index (χ0n) is 10.5. The van der Waals surface area contributed by atoms with Crippen molar-refractivity contribution in [1.82, 2.24) is 4.90 Å². The first kappa shape index (κ1) is 11.7. The maximum atomic E-state index is 12.3. The van der Waals surface area contributed by atoms with Gasteiger partial charge in [0.1, 0.15) is 0 Å². The highest BCUT2D eigenvalue weighted by Crippen LogP contribution is 2.38. The molecule has 96 valence electrons. The van der Waals surface area contributed by atoms with E-state index in [1.807, 2.05) is 23.1 Å². The Hall–Kier alpha value is -1.35. The molecule has 18 heavy (non-hydrogen) atoms. The summed E-state index contributed by atoms with van der Waals surface area (Å²) in [6.07, 6.45) is 2.80. The molecular weight excluding hydrogens is 226 g/mol. The topological polar surface area (TPSA) is 40.5 Å². The minimum absolute atomic E-state index is 0.129. The highest BCUT2D eigenvalue weighted by Gasteiger charge is 2.39. The molecule has 2 fully saturated rings. The summed E-state index contributed by atoms with van der Waals surface area (Å²) >= 11 is 0. The fraction of sp³-hybridized carbons (Fsp3) is 0.533. The Labute approximate surface area is 107 Å². The molecule has 3 unspecified atom stereocenters. The predicted octanol–water partition coefficient (Wildman–Crippen LogP) is 1.98. The third-order valence-corrected chi connectivity index (χ3v) is 4.39. The van der Waals surface area contributed by atoms with Gasteiger partial charge in [-0.15, -0.1) is 0 Å². The number of fused-ring (bicyclic) bond motifs is 1. The number of carbonyl (C=O) groups is 1. The molecule has 0 aromatic heterocycles. The number of hydrogen-bond acceptors (Lipinski definition) is 2. The number of nitrogens with zero attached hydrogens (tertiary/aromatic N) is 1. The lowest BCUT2D eigenvalue weighted by Gasteiger charge is -2.21. The number of likely N-dealkylation sites (tertiary alicyclic amines) is 1. The normalized spacial score (nSPS) is 28.2. The summed E-state index contributed by atoms with van der Waals surface area (Å²) in [6, 6.07) is 9.20. The van der Waals surface area contributed by atoms with Crippen molar-refractivity contribution in [3.05, 3.63) is 35.9 Å². The van der Waals surface area contributed by atoms with Crippen LogP contribution in [-0.2, 0) is 4.79 Å². The molecule has 2 aliphatic rings. The second-order valence-electron chi connectivity index (χ2n) is 5.51. The molecule has 0 bridgehead atoms. The van der Waals surface area contributed by atoms with Crippen molar-refractivity contribution < 1.29 is 9.90 Å². The van der Waals surface area contributed by atoms with Crippen molar-refractivity contribution in [3.63, 3.8) is 0 Å². The molecule has 1 saturated carbocycles. The van der Waals surface area contributed by atoms with Crippen LogP contribution in [0.2, 0.25) is 0 Å². The Kier molecular flexibility index (Phi) is 3.08. The monoisotopic (exact) mass is 245 g/mol. The molecule has 3 nitrogen and oxygen atoms in total. The Bertz CT molecular complexity index is 419. The van der Waals surface area contributed by atoms with Crippen LogP contribution >= 0.6 is 0 Å². The number of benzene rings is 1. The van der Waals surface area contributed by atoms with Gasteiger partial charge in [0.2, 0.25) is 0 Å². The van der Waals surface area contributed by atoms with E-state index < -0.39 is 6.10 Å². The molecule has 0 radical (unpaired) electrons. The highest BCUT2D eigenvalue weighted by molar-refractivity contribution is 5.82. The quantitative estimate of drug-likeness (QED) is 0.865. The van der Waals surface area contributed by atoms with Crippen molar-refractivity contribution in [2.24, 2.45) is 11.8 Å². The molecule has 1 saturated heterocycles. The largest absolute Gasteiger partial charge is 0.378 e. The van der Waals surface area contributed by atoms with Crippen molar-refractivity contribution >= 4 is 5.91 Å². The van der Waals surface area contributed by atoms with E-state index in [-0.39, 0.29) is 5.91 Å². The van der Waals surface area contributed by atoms with E-state index in [1.165, 1.54) is 19.3 Å². The van der Waals surface area contributed by atoms with Crippen LogP contribution in [0.25, 0.3) is 0 Å². The summed E-state index contributed by atoms with van der Waals surface area (Å²) in [5.41, 5.74) is 0.694. The van der Waals surface area contributed by atoms with E-state index in [0.29, 0.717) is 17.4 Å². The average Bonchev–Trinajstić information content (AvgIpc) is 2.99. The van der Waals surface area contributed by atoms with Gasteiger partial charge >= 0.3 is 0 Å². The molecule has 0 spiro atoms. The first-order chi connectivity index (χ1) is 8.75. The van der Waals surface area contributed by atoms with Gasteiger partial charge in [0.25, 0.3) is 5.91 Å². The third kappa shape index (κ3) is 2.03. The van der Waals surface area contributed by atoms with E-state index in [0.717, 1.165) is 13.1 Å². The molecule has 3 atom stereocenters. The van der Waals surface area contributed by atoms with Gasteiger partial charge in [0, 0.05) is 13.1 Å². The molecule has 1 heterocycles. The van der Waals surface area contributed by atoms with Crippen molar-refractivity contribution in [2.45, 2.75) is 25.4 Å². The molecule has 1 amide bonds. The number of hydrogen-bond donors (Lipinski definition) is 1. The van der Waals surface area contributed by atoms with E-state index in [4.69, 9.17) is 0 Å². The maximum absolute atomic E-state index is 12.3. The minimum atomic E-state index is -0.995. The highest BCUT2D eigenvalue weighted by atomic mass is 16.3. The van der Waals surface area contributed by atoms with Crippen molar-refractivity contribution in [2.75, 3.05) is 13.1 Å². The van der Waals surface area contributed by atoms with E-state index >= 15 is 0 Å².